The monoisotopic (exact) mass is 567 g/mol. The largest absolute Gasteiger partial charge is 0.478 e. The van der Waals surface area contributed by atoms with Crippen LogP contribution in [0.15, 0.2) is 71.8 Å². The Morgan fingerprint density at radius 3 is 2.54 bits per heavy atom. The van der Waals surface area contributed by atoms with Gasteiger partial charge in [0.25, 0.3) is 10.0 Å². The van der Waals surface area contributed by atoms with Crippen molar-refractivity contribution in [3.05, 3.63) is 94.8 Å². The van der Waals surface area contributed by atoms with Gasteiger partial charge in [0.2, 0.25) is 11.8 Å². The highest BCUT2D eigenvalue weighted by atomic mass is 35.5. The number of aromatic nitrogens is 3. The topological polar surface area (TPSA) is 143 Å². The molecule has 1 aliphatic rings. The van der Waals surface area contributed by atoms with Crippen LogP contribution in [-0.2, 0) is 16.6 Å². The van der Waals surface area contributed by atoms with Gasteiger partial charge in [0.1, 0.15) is 6.10 Å². The third-order valence-corrected chi connectivity index (χ3v) is 7.54. The molecule has 202 valence electrons. The summed E-state index contributed by atoms with van der Waals surface area (Å²) in [6, 6.07) is 16.4. The molecule has 0 bridgehead atoms. The van der Waals surface area contributed by atoms with Crippen LogP contribution in [0.25, 0.3) is 11.3 Å². The Balaban J connectivity index is 0.00000353. The fraction of sp³-hybridized carbons (Fsp3) is 0.185. The summed E-state index contributed by atoms with van der Waals surface area (Å²) < 4.78 is 35.0. The minimum atomic E-state index is -4.20. The van der Waals surface area contributed by atoms with E-state index in [1.807, 2.05) is 44.2 Å². The van der Waals surface area contributed by atoms with E-state index in [9.17, 15) is 18.3 Å². The number of fused-ring (bicyclic) bond motifs is 1. The van der Waals surface area contributed by atoms with E-state index < -0.39 is 22.1 Å². The first-order valence-electron chi connectivity index (χ1n) is 11.8. The quantitative estimate of drug-likeness (QED) is 0.298. The minimum Gasteiger partial charge on any atom is -0.478 e. The second-order valence-corrected chi connectivity index (χ2v) is 10.6. The fourth-order valence-corrected chi connectivity index (χ4v) is 5.42. The van der Waals surface area contributed by atoms with Gasteiger partial charge < -0.3 is 15.2 Å². The zero-order valence-electron chi connectivity index (χ0n) is 21.1. The number of carbonyl (C=O) groups is 1. The molecule has 3 N–H and O–H groups in total. The molecule has 0 radical (unpaired) electrons. The number of pyridine rings is 1. The van der Waals surface area contributed by atoms with Gasteiger partial charge >= 0.3 is 5.97 Å². The van der Waals surface area contributed by atoms with Crippen LogP contribution in [0.2, 0.25) is 0 Å². The highest BCUT2D eigenvalue weighted by Crippen LogP contribution is 2.32. The summed E-state index contributed by atoms with van der Waals surface area (Å²) in [4.78, 5) is 24.4. The zero-order valence-corrected chi connectivity index (χ0v) is 22.7. The van der Waals surface area contributed by atoms with Crippen LogP contribution in [-0.4, -0.2) is 41.0 Å². The molecule has 1 aliphatic heterocycles. The Morgan fingerprint density at radius 2 is 1.79 bits per heavy atom. The SMILES string of the molecule is Cc1cccc(C)c1-c1cc(OC2CNCc3ncccc32)nc(NS(=O)(=O)c2cccc(C(=O)O)c2)n1.Cl. The van der Waals surface area contributed by atoms with E-state index in [0.29, 0.717) is 18.8 Å². The maximum atomic E-state index is 13.2. The lowest BCUT2D eigenvalue weighted by Crippen LogP contribution is -2.32. The molecule has 0 aliphatic carbocycles. The van der Waals surface area contributed by atoms with E-state index in [1.54, 1.807) is 12.3 Å². The molecule has 1 unspecified atom stereocenters. The third kappa shape index (κ3) is 6.00. The molecule has 1 atom stereocenters. The number of nitrogens with one attached hydrogen (secondary N) is 2. The maximum absolute atomic E-state index is 13.2. The van der Waals surface area contributed by atoms with E-state index in [4.69, 9.17) is 4.74 Å². The first-order chi connectivity index (χ1) is 18.2. The number of benzene rings is 2. The first-order valence-corrected chi connectivity index (χ1v) is 13.3. The molecule has 5 rings (SSSR count). The summed E-state index contributed by atoms with van der Waals surface area (Å²) in [7, 11) is -4.20. The lowest BCUT2D eigenvalue weighted by Gasteiger charge is -2.26. The molecule has 2 aromatic carbocycles. The molecule has 12 heteroatoms. The minimum absolute atomic E-state index is 0. The molecule has 10 nitrogen and oxygen atoms in total. The second-order valence-electron chi connectivity index (χ2n) is 8.90. The molecule has 4 aromatic rings. The molecule has 0 saturated carbocycles. The van der Waals surface area contributed by atoms with E-state index in [0.717, 1.165) is 34.0 Å². The number of carboxylic acids is 1. The Bertz CT molecular complexity index is 1630. The molecule has 0 amide bonds. The molecule has 0 spiro atoms. The number of carboxylic acid groups (broad SMARTS) is 1. The van der Waals surface area contributed by atoms with Crippen molar-refractivity contribution in [3.63, 3.8) is 0 Å². The van der Waals surface area contributed by atoms with Gasteiger partial charge in [0, 0.05) is 36.5 Å². The number of sulfonamides is 1. The van der Waals surface area contributed by atoms with E-state index >= 15 is 0 Å². The first kappa shape index (κ1) is 28.0. The number of ether oxygens (including phenoxy) is 1. The van der Waals surface area contributed by atoms with Gasteiger partial charge in [-0.25, -0.2) is 22.9 Å². The number of aryl methyl sites for hydroxylation is 2. The van der Waals surface area contributed by atoms with Gasteiger partial charge in [-0.15, -0.1) is 12.4 Å². The van der Waals surface area contributed by atoms with Crippen molar-refractivity contribution < 1.29 is 23.1 Å². The summed E-state index contributed by atoms with van der Waals surface area (Å²) in [5.74, 6) is -1.25. The lowest BCUT2D eigenvalue weighted by molar-refractivity contribution is 0.0696. The van der Waals surface area contributed by atoms with Crippen LogP contribution in [0.5, 0.6) is 5.88 Å². The highest BCUT2D eigenvalue weighted by Gasteiger charge is 2.25. The second kappa shape index (κ2) is 11.4. The summed E-state index contributed by atoms with van der Waals surface area (Å²) in [5, 5.41) is 12.5. The summed E-state index contributed by atoms with van der Waals surface area (Å²) in [6.07, 6.45) is 1.32. The molecule has 2 aromatic heterocycles. The van der Waals surface area contributed by atoms with Gasteiger partial charge in [0.15, 0.2) is 0 Å². The van der Waals surface area contributed by atoms with Gasteiger partial charge in [-0.05, 0) is 49.2 Å². The van der Waals surface area contributed by atoms with Gasteiger partial charge in [0.05, 0.1) is 21.8 Å². The van der Waals surface area contributed by atoms with Crippen molar-refractivity contribution in [2.75, 3.05) is 11.3 Å². The molecule has 0 fully saturated rings. The fourth-order valence-electron chi connectivity index (χ4n) is 4.43. The molecular formula is C27H26ClN5O5S. The Morgan fingerprint density at radius 1 is 1.05 bits per heavy atom. The Hall–Kier alpha value is -4.06. The molecule has 0 saturated heterocycles. The van der Waals surface area contributed by atoms with Crippen molar-refractivity contribution in [2.45, 2.75) is 31.4 Å². The molecular weight excluding hydrogens is 542 g/mol. The third-order valence-electron chi connectivity index (χ3n) is 6.21. The number of rotatable bonds is 7. The normalized spacial score (nSPS) is 14.6. The number of aromatic carboxylic acids is 1. The van der Waals surface area contributed by atoms with Crippen LogP contribution in [0.1, 0.15) is 38.8 Å². The summed E-state index contributed by atoms with van der Waals surface area (Å²) >= 11 is 0. The predicted octanol–water partition coefficient (Wildman–Crippen LogP) is 4.30. The number of anilines is 1. The predicted molar refractivity (Wildman–Crippen MR) is 148 cm³/mol. The van der Waals surface area contributed by atoms with E-state index in [2.05, 4.69) is 25.0 Å². The van der Waals surface area contributed by atoms with Crippen LogP contribution in [0.3, 0.4) is 0 Å². The standard InChI is InChI=1S/C27H25N5O5S.ClH/c1-16-6-3-7-17(2)25(16)21-13-24(37-23-15-28-14-22-20(23)10-5-11-29-22)31-27(30-21)32-38(35,36)19-9-4-8-18(12-19)26(33)34;/h3-13,23,28H,14-15H2,1-2H3,(H,33,34)(H,30,31,32);1H. The smallest absolute Gasteiger partial charge is 0.335 e. The van der Waals surface area contributed by atoms with Crippen molar-refractivity contribution in [1.29, 1.82) is 0 Å². The number of halogens is 1. The van der Waals surface area contributed by atoms with Gasteiger partial charge in [-0.2, -0.15) is 4.98 Å². The number of hydrogen-bond acceptors (Lipinski definition) is 8. The van der Waals surface area contributed by atoms with Crippen molar-refractivity contribution >= 4 is 34.3 Å². The van der Waals surface area contributed by atoms with Crippen molar-refractivity contribution in [3.8, 4) is 17.1 Å². The number of hydrogen-bond donors (Lipinski definition) is 3. The zero-order chi connectivity index (χ0) is 26.9. The molecule has 39 heavy (non-hydrogen) atoms. The molecule has 3 heterocycles. The van der Waals surface area contributed by atoms with Crippen molar-refractivity contribution in [2.24, 2.45) is 0 Å². The van der Waals surface area contributed by atoms with E-state index in [-0.39, 0.29) is 34.7 Å². The highest BCUT2D eigenvalue weighted by molar-refractivity contribution is 7.92. The summed E-state index contributed by atoms with van der Waals surface area (Å²) in [5.41, 5.74) is 4.85. The van der Waals surface area contributed by atoms with Crippen LogP contribution in [0, 0.1) is 13.8 Å². The van der Waals surface area contributed by atoms with Crippen LogP contribution >= 0.6 is 12.4 Å². The van der Waals surface area contributed by atoms with Gasteiger partial charge in [-0.3, -0.25) is 4.98 Å². The van der Waals surface area contributed by atoms with Gasteiger partial charge in [-0.1, -0.05) is 30.3 Å². The average Bonchev–Trinajstić information content (AvgIpc) is 2.88. The number of nitrogens with zero attached hydrogens (tertiary/aromatic N) is 3. The Kier molecular flexibility index (Phi) is 8.14. The van der Waals surface area contributed by atoms with Crippen LogP contribution < -0.4 is 14.8 Å². The summed E-state index contributed by atoms with van der Waals surface area (Å²) in [6.45, 7) is 5.02. The van der Waals surface area contributed by atoms with Crippen LogP contribution in [0.4, 0.5) is 5.95 Å². The lowest BCUT2D eigenvalue weighted by atomic mass is 10.00. The van der Waals surface area contributed by atoms with E-state index in [1.165, 1.54) is 18.2 Å². The van der Waals surface area contributed by atoms with Crippen molar-refractivity contribution in [1.82, 2.24) is 20.3 Å². The Labute approximate surface area is 232 Å². The average molecular weight is 568 g/mol. The maximum Gasteiger partial charge on any atom is 0.335 e.